The van der Waals surface area contributed by atoms with Crippen molar-refractivity contribution in [3.05, 3.63) is 48.2 Å². The van der Waals surface area contributed by atoms with Gasteiger partial charge in [-0.3, -0.25) is 9.69 Å². The first-order chi connectivity index (χ1) is 11.1. The third kappa shape index (κ3) is 3.48. The number of urea groups is 1. The molecule has 23 heavy (non-hydrogen) atoms. The molecule has 2 heterocycles. The van der Waals surface area contributed by atoms with Gasteiger partial charge in [-0.1, -0.05) is 18.2 Å². The Hall–Kier alpha value is -2.89. The van der Waals surface area contributed by atoms with Gasteiger partial charge in [-0.2, -0.15) is 0 Å². The van der Waals surface area contributed by atoms with Gasteiger partial charge in [-0.15, -0.1) is 0 Å². The smallest absolute Gasteiger partial charge is 0.327 e. The summed E-state index contributed by atoms with van der Waals surface area (Å²) in [5.74, 6) is 1.05. The number of Topliss-reactive ketones (excluding diaryl/α,β-unsaturated/α-hetero) is 1. The topological polar surface area (TPSA) is 71.5 Å². The number of hydrogen-bond donors (Lipinski definition) is 1. The second kappa shape index (κ2) is 6.48. The summed E-state index contributed by atoms with van der Waals surface area (Å²) in [6, 6.07) is 10.8. The molecule has 2 aromatic rings. The first-order valence-electron chi connectivity index (χ1n) is 7.38. The van der Waals surface area contributed by atoms with Crippen LogP contribution in [-0.2, 0) is 11.2 Å². The highest BCUT2D eigenvalue weighted by atomic mass is 16.5. The van der Waals surface area contributed by atoms with Crippen LogP contribution in [0.2, 0.25) is 0 Å². The highest BCUT2D eigenvalue weighted by Crippen LogP contribution is 2.30. The first kappa shape index (κ1) is 15.0. The van der Waals surface area contributed by atoms with Gasteiger partial charge in [-0.05, 0) is 30.7 Å². The van der Waals surface area contributed by atoms with E-state index in [0.717, 1.165) is 11.3 Å². The standard InChI is InChI=1S/C17H17N3O3/c1-12(21)9-13-10-15-16(18-11-13)20(7-8-23-15)17(22)19-14-5-3-2-4-6-14/h2-6,10-11H,7-9H2,1H3,(H,19,22). The molecular formula is C17H17N3O3. The number of amides is 2. The molecule has 0 bridgehead atoms. The van der Waals surface area contributed by atoms with E-state index in [0.29, 0.717) is 31.1 Å². The minimum atomic E-state index is -0.257. The average molecular weight is 311 g/mol. The number of pyridine rings is 1. The van der Waals surface area contributed by atoms with Crippen LogP contribution in [0, 0.1) is 0 Å². The number of nitrogens with one attached hydrogen (secondary N) is 1. The van der Waals surface area contributed by atoms with Crippen molar-refractivity contribution in [2.75, 3.05) is 23.4 Å². The number of carbonyl (C=O) groups excluding carboxylic acids is 2. The van der Waals surface area contributed by atoms with Crippen molar-refractivity contribution in [3.8, 4) is 5.75 Å². The molecule has 0 saturated heterocycles. The number of para-hydroxylation sites is 1. The minimum absolute atomic E-state index is 0.0567. The molecule has 1 aromatic heterocycles. The van der Waals surface area contributed by atoms with Gasteiger partial charge in [0.2, 0.25) is 0 Å². The van der Waals surface area contributed by atoms with E-state index in [4.69, 9.17) is 4.74 Å². The second-order valence-electron chi connectivity index (χ2n) is 5.34. The molecule has 0 radical (unpaired) electrons. The van der Waals surface area contributed by atoms with Crippen LogP contribution >= 0.6 is 0 Å². The molecule has 3 rings (SSSR count). The van der Waals surface area contributed by atoms with Gasteiger partial charge in [0.05, 0.1) is 6.54 Å². The number of carbonyl (C=O) groups is 2. The van der Waals surface area contributed by atoms with Crippen molar-refractivity contribution in [1.29, 1.82) is 0 Å². The predicted molar refractivity (Wildman–Crippen MR) is 86.9 cm³/mol. The van der Waals surface area contributed by atoms with E-state index in [1.54, 1.807) is 17.2 Å². The number of ether oxygens (including phenoxy) is 1. The Labute approximate surface area is 134 Å². The molecule has 0 unspecified atom stereocenters. The molecule has 118 valence electrons. The summed E-state index contributed by atoms with van der Waals surface area (Å²) in [6.45, 7) is 2.34. The molecular weight excluding hydrogens is 294 g/mol. The molecule has 6 nitrogen and oxygen atoms in total. The van der Waals surface area contributed by atoms with E-state index in [-0.39, 0.29) is 11.8 Å². The number of anilines is 2. The maximum atomic E-state index is 12.5. The molecule has 1 aromatic carbocycles. The van der Waals surface area contributed by atoms with Crippen LogP contribution in [0.15, 0.2) is 42.6 Å². The van der Waals surface area contributed by atoms with Crippen molar-refractivity contribution in [1.82, 2.24) is 4.98 Å². The van der Waals surface area contributed by atoms with Crippen LogP contribution in [0.4, 0.5) is 16.3 Å². The summed E-state index contributed by atoms with van der Waals surface area (Å²) < 4.78 is 5.58. The molecule has 1 aliphatic rings. The zero-order valence-electron chi connectivity index (χ0n) is 12.8. The van der Waals surface area contributed by atoms with E-state index >= 15 is 0 Å². The van der Waals surface area contributed by atoms with Crippen molar-refractivity contribution < 1.29 is 14.3 Å². The molecule has 0 spiro atoms. The lowest BCUT2D eigenvalue weighted by Crippen LogP contribution is -2.41. The van der Waals surface area contributed by atoms with E-state index < -0.39 is 0 Å². The largest absolute Gasteiger partial charge is 0.488 e. The fraction of sp³-hybridized carbons (Fsp3) is 0.235. The Morgan fingerprint density at radius 3 is 2.83 bits per heavy atom. The zero-order valence-corrected chi connectivity index (χ0v) is 12.8. The predicted octanol–water partition coefficient (Wildman–Crippen LogP) is 2.64. The maximum absolute atomic E-state index is 12.5. The van der Waals surface area contributed by atoms with E-state index in [2.05, 4.69) is 10.3 Å². The number of aromatic nitrogens is 1. The number of benzene rings is 1. The molecule has 0 fully saturated rings. The summed E-state index contributed by atoms with van der Waals surface area (Å²) in [5, 5.41) is 2.84. The van der Waals surface area contributed by atoms with Crippen LogP contribution < -0.4 is 15.0 Å². The Kier molecular flexibility index (Phi) is 4.23. The molecule has 2 amide bonds. The molecule has 0 atom stereocenters. The van der Waals surface area contributed by atoms with Gasteiger partial charge < -0.3 is 10.1 Å². The Morgan fingerprint density at radius 1 is 1.30 bits per heavy atom. The van der Waals surface area contributed by atoms with Crippen molar-refractivity contribution in [2.45, 2.75) is 13.3 Å². The molecule has 1 aliphatic heterocycles. The molecule has 1 N–H and O–H groups in total. The first-order valence-corrected chi connectivity index (χ1v) is 7.38. The van der Waals surface area contributed by atoms with Crippen LogP contribution in [0.1, 0.15) is 12.5 Å². The van der Waals surface area contributed by atoms with Crippen LogP contribution in [-0.4, -0.2) is 29.9 Å². The summed E-state index contributed by atoms with van der Waals surface area (Å²) in [7, 11) is 0. The minimum Gasteiger partial charge on any atom is -0.488 e. The fourth-order valence-electron chi connectivity index (χ4n) is 2.43. The van der Waals surface area contributed by atoms with E-state index in [1.165, 1.54) is 6.92 Å². The number of ketones is 1. The highest BCUT2D eigenvalue weighted by Gasteiger charge is 2.25. The van der Waals surface area contributed by atoms with Gasteiger partial charge in [0, 0.05) is 18.3 Å². The van der Waals surface area contributed by atoms with Crippen LogP contribution in [0.25, 0.3) is 0 Å². The Morgan fingerprint density at radius 2 is 2.09 bits per heavy atom. The monoisotopic (exact) mass is 311 g/mol. The second-order valence-corrected chi connectivity index (χ2v) is 5.34. The summed E-state index contributed by atoms with van der Waals surface area (Å²) in [6.07, 6.45) is 1.91. The fourth-order valence-corrected chi connectivity index (χ4v) is 2.43. The van der Waals surface area contributed by atoms with Gasteiger partial charge >= 0.3 is 6.03 Å². The Balaban J connectivity index is 1.81. The Bertz CT molecular complexity index is 731. The van der Waals surface area contributed by atoms with Gasteiger partial charge in [-0.25, -0.2) is 9.78 Å². The van der Waals surface area contributed by atoms with Crippen molar-refractivity contribution >= 4 is 23.3 Å². The average Bonchev–Trinajstić information content (AvgIpc) is 2.54. The SMILES string of the molecule is CC(=O)Cc1cnc2c(c1)OCCN2C(=O)Nc1ccccc1. The maximum Gasteiger partial charge on any atom is 0.327 e. The quantitative estimate of drug-likeness (QED) is 0.946. The third-order valence-electron chi connectivity index (χ3n) is 3.44. The lowest BCUT2D eigenvalue weighted by molar-refractivity contribution is -0.116. The zero-order chi connectivity index (χ0) is 16.2. The number of rotatable bonds is 3. The number of hydrogen-bond acceptors (Lipinski definition) is 4. The third-order valence-corrected chi connectivity index (χ3v) is 3.44. The van der Waals surface area contributed by atoms with E-state index in [9.17, 15) is 9.59 Å². The summed E-state index contributed by atoms with van der Waals surface area (Å²) in [5.41, 5.74) is 1.50. The van der Waals surface area contributed by atoms with Crippen LogP contribution in [0.3, 0.4) is 0 Å². The van der Waals surface area contributed by atoms with Crippen LogP contribution in [0.5, 0.6) is 5.75 Å². The summed E-state index contributed by atoms with van der Waals surface area (Å²) in [4.78, 5) is 29.5. The van der Waals surface area contributed by atoms with Gasteiger partial charge in [0.1, 0.15) is 12.4 Å². The lowest BCUT2D eigenvalue weighted by atomic mass is 10.1. The molecule has 6 heteroatoms. The molecule has 0 aliphatic carbocycles. The number of nitrogens with zero attached hydrogens (tertiary/aromatic N) is 2. The van der Waals surface area contributed by atoms with E-state index in [1.807, 2.05) is 30.3 Å². The van der Waals surface area contributed by atoms with Gasteiger partial charge in [0.25, 0.3) is 0 Å². The number of fused-ring (bicyclic) bond motifs is 1. The highest BCUT2D eigenvalue weighted by molar-refractivity contribution is 6.02. The molecule has 0 saturated carbocycles. The van der Waals surface area contributed by atoms with Crippen molar-refractivity contribution in [3.63, 3.8) is 0 Å². The summed E-state index contributed by atoms with van der Waals surface area (Å²) >= 11 is 0. The normalized spacial score (nSPS) is 13.0. The van der Waals surface area contributed by atoms with Crippen molar-refractivity contribution in [2.24, 2.45) is 0 Å². The lowest BCUT2D eigenvalue weighted by Gasteiger charge is -2.28. The van der Waals surface area contributed by atoms with Gasteiger partial charge in [0.15, 0.2) is 11.6 Å².